The monoisotopic (exact) mass is 218 g/mol. The van der Waals surface area contributed by atoms with E-state index in [1.54, 1.807) is 0 Å². The van der Waals surface area contributed by atoms with E-state index < -0.39 is 11.7 Å². The molecule has 1 aromatic rings. The molecule has 0 radical (unpaired) electrons. The van der Waals surface area contributed by atoms with Crippen LogP contribution >= 0.6 is 0 Å². The first kappa shape index (κ1) is 12.0. The second-order valence-electron chi connectivity index (χ2n) is 3.47. The number of nitrogens with two attached hydrogens (primary N) is 1. The summed E-state index contributed by atoms with van der Waals surface area (Å²) in [4.78, 5) is 0. The average Bonchev–Trinajstić information content (AvgIpc) is 2.17. The van der Waals surface area contributed by atoms with E-state index in [4.69, 9.17) is 5.84 Å². The molecule has 0 heterocycles. The molecule has 0 spiro atoms. The summed E-state index contributed by atoms with van der Waals surface area (Å²) in [6, 6.07) is 5.14. The zero-order chi connectivity index (χ0) is 11.5. The maximum absolute atomic E-state index is 12.2. The lowest BCUT2D eigenvalue weighted by atomic mass is 10.1. The van der Waals surface area contributed by atoms with Gasteiger partial charge >= 0.3 is 6.18 Å². The Labute approximate surface area is 86.2 Å². The third kappa shape index (κ3) is 3.53. The molecule has 0 amide bonds. The van der Waals surface area contributed by atoms with Gasteiger partial charge in [0, 0.05) is 6.04 Å². The molecule has 0 bridgehead atoms. The molecule has 0 aliphatic rings. The van der Waals surface area contributed by atoms with Crippen molar-refractivity contribution in [2.24, 2.45) is 5.84 Å². The van der Waals surface area contributed by atoms with E-state index in [-0.39, 0.29) is 6.04 Å². The molecule has 0 aliphatic heterocycles. The van der Waals surface area contributed by atoms with Crippen molar-refractivity contribution in [1.29, 1.82) is 0 Å². The average molecular weight is 218 g/mol. The van der Waals surface area contributed by atoms with Crippen molar-refractivity contribution >= 4 is 0 Å². The fraction of sp³-hybridized carbons (Fsp3) is 0.400. The van der Waals surface area contributed by atoms with Gasteiger partial charge < -0.3 is 0 Å². The van der Waals surface area contributed by atoms with Gasteiger partial charge in [-0.05, 0) is 31.0 Å². The highest BCUT2D eigenvalue weighted by Gasteiger charge is 2.29. The zero-order valence-corrected chi connectivity index (χ0v) is 8.31. The van der Waals surface area contributed by atoms with Crippen LogP contribution in [0.15, 0.2) is 24.3 Å². The fourth-order valence-corrected chi connectivity index (χ4v) is 1.24. The van der Waals surface area contributed by atoms with Crippen LogP contribution in [0.25, 0.3) is 0 Å². The maximum Gasteiger partial charge on any atom is 0.416 e. The summed E-state index contributed by atoms with van der Waals surface area (Å²) in [6.45, 7) is 1.86. The van der Waals surface area contributed by atoms with Crippen molar-refractivity contribution in [2.45, 2.75) is 25.6 Å². The zero-order valence-electron chi connectivity index (χ0n) is 8.31. The normalized spacial score (nSPS) is 13.9. The van der Waals surface area contributed by atoms with Crippen molar-refractivity contribution in [2.75, 3.05) is 0 Å². The molecular weight excluding hydrogens is 205 g/mol. The van der Waals surface area contributed by atoms with Crippen LogP contribution in [0.1, 0.15) is 18.1 Å². The Morgan fingerprint density at radius 3 is 2.20 bits per heavy atom. The maximum atomic E-state index is 12.2. The smallest absolute Gasteiger partial charge is 0.271 e. The summed E-state index contributed by atoms with van der Waals surface area (Å²) >= 11 is 0. The van der Waals surface area contributed by atoms with Crippen LogP contribution in [0.2, 0.25) is 0 Å². The number of rotatable bonds is 3. The largest absolute Gasteiger partial charge is 0.416 e. The van der Waals surface area contributed by atoms with Crippen LogP contribution in [0.4, 0.5) is 13.2 Å². The van der Waals surface area contributed by atoms with E-state index in [2.05, 4.69) is 5.43 Å². The van der Waals surface area contributed by atoms with Crippen LogP contribution in [-0.2, 0) is 12.6 Å². The Morgan fingerprint density at radius 1 is 1.27 bits per heavy atom. The van der Waals surface area contributed by atoms with E-state index in [1.807, 2.05) is 6.92 Å². The Hall–Kier alpha value is -1.07. The van der Waals surface area contributed by atoms with E-state index in [9.17, 15) is 13.2 Å². The van der Waals surface area contributed by atoms with Gasteiger partial charge in [0.2, 0.25) is 0 Å². The van der Waals surface area contributed by atoms with Crippen LogP contribution in [-0.4, -0.2) is 6.04 Å². The molecule has 0 saturated carbocycles. The SMILES string of the molecule is CC(Cc1ccc(C(F)(F)F)cc1)NN. The Kier molecular flexibility index (Phi) is 3.71. The number of benzene rings is 1. The number of alkyl halides is 3. The van der Waals surface area contributed by atoms with Crippen molar-refractivity contribution in [3.05, 3.63) is 35.4 Å². The topological polar surface area (TPSA) is 38.0 Å². The first-order valence-corrected chi connectivity index (χ1v) is 4.55. The lowest BCUT2D eigenvalue weighted by molar-refractivity contribution is -0.137. The quantitative estimate of drug-likeness (QED) is 0.602. The van der Waals surface area contributed by atoms with Crippen molar-refractivity contribution in [3.8, 4) is 0 Å². The molecule has 0 saturated heterocycles. The van der Waals surface area contributed by atoms with Crippen molar-refractivity contribution < 1.29 is 13.2 Å². The first-order chi connectivity index (χ1) is 6.93. The molecule has 1 rings (SSSR count). The Bertz CT molecular complexity index is 305. The third-order valence-corrected chi connectivity index (χ3v) is 2.11. The van der Waals surface area contributed by atoms with Gasteiger partial charge in [-0.25, -0.2) is 0 Å². The van der Waals surface area contributed by atoms with Crippen molar-refractivity contribution in [1.82, 2.24) is 5.43 Å². The first-order valence-electron chi connectivity index (χ1n) is 4.55. The molecular formula is C10H13F3N2. The molecule has 0 aromatic heterocycles. The molecule has 3 N–H and O–H groups in total. The van der Waals surface area contributed by atoms with E-state index in [1.165, 1.54) is 12.1 Å². The highest BCUT2D eigenvalue weighted by Crippen LogP contribution is 2.29. The minimum atomic E-state index is -4.27. The number of hydrazine groups is 1. The molecule has 15 heavy (non-hydrogen) atoms. The second-order valence-corrected chi connectivity index (χ2v) is 3.47. The highest BCUT2D eigenvalue weighted by molar-refractivity contribution is 5.25. The van der Waals surface area contributed by atoms with Gasteiger partial charge in [-0.15, -0.1) is 0 Å². The Morgan fingerprint density at radius 2 is 1.80 bits per heavy atom. The van der Waals surface area contributed by atoms with Gasteiger partial charge in [-0.3, -0.25) is 11.3 Å². The van der Waals surface area contributed by atoms with E-state index in [0.717, 1.165) is 17.7 Å². The highest BCUT2D eigenvalue weighted by atomic mass is 19.4. The molecule has 1 unspecified atom stereocenters. The third-order valence-electron chi connectivity index (χ3n) is 2.11. The summed E-state index contributed by atoms with van der Waals surface area (Å²) in [5, 5.41) is 0. The number of halogens is 3. The van der Waals surface area contributed by atoms with Gasteiger partial charge in [0.05, 0.1) is 5.56 Å². The molecule has 84 valence electrons. The van der Waals surface area contributed by atoms with E-state index in [0.29, 0.717) is 6.42 Å². The molecule has 2 nitrogen and oxygen atoms in total. The van der Waals surface area contributed by atoms with Gasteiger partial charge in [-0.1, -0.05) is 12.1 Å². The summed E-state index contributed by atoms with van der Waals surface area (Å²) < 4.78 is 36.6. The predicted molar refractivity (Wildman–Crippen MR) is 51.9 cm³/mol. The summed E-state index contributed by atoms with van der Waals surface area (Å²) in [5.41, 5.74) is 2.74. The molecule has 1 atom stereocenters. The molecule has 0 fully saturated rings. The Balaban J connectivity index is 2.73. The van der Waals surface area contributed by atoms with Crippen LogP contribution in [0.3, 0.4) is 0 Å². The van der Waals surface area contributed by atoms with Crippen LogP contribution in [0, 0.1) is 0 Å². The van der Waals surface area contributed by atoms with E-state index >= 15 is 0 Å². The van der Waals surface area contributed by atoms with Gasteiger partial charge in [0.25, 0.3) is 0 Å². The summed E-state index contributed by atoms with van der Waals surface area (Å²) in [5.74, 6) is 5.19. The summed E-state index contributed by atoms with van der Waals surface area (Å²) in [7, 11) is 0. The van der Waals surface area contributed by atoms with Crippen LogP contribution < -0.4 is 11.3 Å². The van der Waals surface area contributed by atoms with Crippen molar-refractivity contribution in [3.63, 3.8) is 0 Å². The second kappa shape index (κ2) is 4.63. The standard InChI is InChI=1S/C10H13F3N2/c1-7(15-14)6-8-2-4-9(5-3-8)10(11,12)13/h2-5,7,15H,6,14H2,1H3. The lowest BCUT2D eigenvalue weighted by Gasteiger charge is -2.11. The molecule has 0 aliphatic carbocycles. The van der Waals surface area contributed by atoms with Gasteiger partial charge in [0.15, 0.2) is 0 Å². The number of hydrogen-bond acceptors (Lipinski definition) is 2. The predicted octanol–water partition coefficient (Wildman–Crippen LogP) is 2.10. The molecule has 5 heteroatoms. The lowest BCUT2D eigenvalue weighted by Crippen LogP contribution is -2.34. The molecule has 1 aromatic carbocycles. The number of hydrogen-bond donors (Lipinski definition) is 2. The van der Waals surface area contributed by atoms with Gasteiger partial charge in [-0.2, -0.15) is 13.2 Å². The summed E-state index contributed by atoms with van der Waals surface area (Å²) in [6.07, 6.45) is -3.66. The van der Waals surface area contributed by atoms with Crippen LogP contribution in [0.5, 0.6) is 0 Å². The fourth-order valence-electron chi connectivity index (χ4n) is 1.24. The minimum absolute atomic E-state index is 0.0433. The number of nitrogens with one attached hydrogen (secondary N) is 1. The minimum Gasteiger partial charge on any atom is -0.271 e. The van der Waals surface area contributed by atoms with Gasteiger partial charge in [0.1, 0.15) is 0 Å².